The molecule has 0 aliphatic carbocycles. The zero-order valence-electron chi connectivity index (χ0n) is 10.4. The Balaban J connectivity index is 2.17. The smallest absolute Gasteiger partial charge is 0.119 e. The first kappa shape index (κ1) is 13.5. The maximum absolute atomic E-state index is 5.65. The van der Waals surface area contributed by atoms with Gasteiger partial charge in [-0.2, -0.15) is 0 Å². The van der Waals surface area contributed by atoms with Gasteiger partial charge >= 0.3 is 0 Å². The SMILES string of the molecule is C=CC[NH+](CC=C)CCCOc1ccccc1. The Hall–Kier alpha value is -1.54. The third-order valence-corrected chi connectivity index (χ3v) is 2.55. The molecule has 0 bridgehead atoms. The van der Waals surface area contributed by atoms with Gasteiger partial charge in [-0.25, -0.2) is 0 Å². The number of hydrogen-bond acceptors (Lipinski definition) is 1. The molecule has 0 spiro atoms. The fraction of sp³-hybridized carbons (Fsp3) is 0.333. The zero-order chi connectivity index (χ0) is 12.3. The fourth-order valence-corrected chi connectivity index (χ4v) is 1.72. The van der Waals surface area contributed by atoms with Crippen LogP contribution in [0.15, 0.2) is 55.6 Å². The average Bonchev–Trinajstić information content (AvgIpc) is 2.36. The van der Waals surface area contributed by atoms with E-state index in [1.165, 1.54) is 4.90 Å². The molecule has 0 radical (unpaired) electrons. The third-order valence-electron chi connectivity index (χ3n) is 2.55. The van der Waals surface area contributed by atoms with Gasteiger partial charge < -0.3 is 9.64 Å². The minimum atomic E-state index is 0.766. The second kappa shape index (κ2) is 8.59. The predicted octanol–water partition coefficient (Wildman–Crippen LogP) is 1.71. The van der Waals surface area contributed by atoms with Gasteiger partial charge in [0.2, 0.25) is 0 Å². The molecule has 2 heteroatoms. The van der Waals surface area contributed by atoms with Crippen LogP contribution in [0, 0.1) is 0 Å². The molecule has 0 saturated heterocycles. The molecule has 92 valence electrons. The van der Waals surface area contributed by atoms with E-state index in [2.05, 4.69) is 13.2 Å². The van der Waals surface area contributed by atoms with Crippen LogP contribution in [0.2, 0.25) is 0 Å². The van der Waals surface area contributed by atoms with E-state index < -0.39 is 0 Å². The lowest BCUT2D eigenvalue weighted by molar-refractivity contribution is -0.888. The Morgan fingerprint density at radius 3 is 2.29 bits per heavy atom. The van der Waals surface area contributed by atoms with Crippen molar-refractivity contribution in [3.8, 4) is 5.75 Å². The van der Waals surface area contributed by atoms with E-state index in [9.17, 15) is 0 Å². The highest BCUT2D eigenvalue weighted by Crippen LogP contribution is 2.07. The molecular weight excluding hydrogens is 210 g/mol. The lowest BCUT2D eigenvalue weighted by Crippen LogP contribution is -3.11. The van der Waals surface area contributed by atoms with Crippen molar-refractivity contribution in [3.05, 3.63) is 55.6 Å². The standard InChI is InChI=1S/C15H21NO/c1-3-11-16(12-4-2)13-8-14-17-15-9-6-5-7-10-15/h3-7,9-10H,1-2,8,11-14H2/p+1. The van der Waals surface area contributed by atoms with Gasteiger partial charge in [-0.3, -0.25) is 0 Å². The van der Waals surface area contributed by atoms with Crippen LogP contribution in [0.25, 0.3) is 0 Å². The molecule has 1 aromatic carbocycles. The van der Waals surface area contributed by atoms with Crippen molar-refractivity contribution in [2.75, 3.05) is 26.2 Å². The lowest BCUT2D eigenvalue weighted by Gasteiger charge is -2.15. The molecule has 0 aliphatic heterocycles. The van der Waals surface area contributed by atoms with E-state index in [1.807, 2.05) is 42.5 Å². The van der Waals surface area contributed by atoms with Gasteiger partial charge in [0.15, 0.2) is 0 Å². The van der Waals surface area contributed by atoms with E-state index in [0.29, 0.717) is 0 Å². The van der Waals surface area contributed by atoms with Gasteiger partial charge in [-0.1, -0.05) is 31.4 Å². The second-order valence-corrected chi connectivity index (χ2v) is 4.00. The molecule has 0 aliphatic rings. The molecule has 0 atom stereocenters. The number of para-hydroxylation sites is 1. The summed E-state index contributed by atoms with van der Waals surface area (Å²) in [5, 5.41) is 0. The summed E-state index contributed by atoms with van der Waals surface area (Å²) in [5.41, 5.74) is 0. The van der Waals surface area contributed by atoms with Crippen molar-refractivity contribution in [2.45, 2.75) is 6.42 Å². The van der Waals surface area contributed by atoms with Gasteiger partial charge in [-0.05, 0) is 24.3 Å². The average molecular weight is 232 g/mol. The maximum atomic E-state index is 5.65. The summed E-state index contributed by atoms with van der Waals surface area (Å²) in [6.07, 6.45) is 4.96. The van der Waals surface area contributed by atoms with Crippen LogP contribution in [-0.2, 0) is 0 Å². The minimum absolute atomic E-state index is 0.766. The van der Waals surface area contributed by atoms with Crippen LogP contribution in [0.5, 0.6) is 5.75 Å². The van der Waals surface area contributed by atoms with E-state index in [1.54, 1.807) is 0 Å². The summed E-state index contributed by atoms with van der Waals surface area (Å²) in [5.74, 6) is 0.946. The second-order valence-electron chi connectivity index (χ2n) is 4.00. The predicted molar refractivity (Wildman–Crippen MR) is 72.5 cm³/mol. The molecule has 0 unspecified atom stereocenters. The van der Waals surface area contributed by atoms with Crippen molar-refractivity contribution >= 4 is 0 Å². The van der Waals surface area contributed by atoms with Crippen LogP contribution in [0.1, 0.15) is 6.42 Å². The Kier molecular flexibility index (Phi) is 6.84. The number of benzene rings is 1. The number of ether oxygens (including phenoxy) is 1. The summed E-state index contributed by atoms with van der Waals surface area (Å²) in [7, 11) is 0. The van der Waals surface area contributed by atoms with Crippen LogP contribution in [0.3, 0.4) is 0 Å². The Labute approximate surface area is 104 Å². The van der Waals surface area contributed by atoms with Crippen LogP contribution in [-0.4, -0.2) is 26.2 Å². The third kappa shape index (κ3) is 5.93. The number of quaternary nitrogens is 1. The van der Waals surface area contributed by atoms with Gasteiger partial charge in [-0.15, -0.1) is 0 Å². The topological polar surface area (TPSA) is 13.7 Å². The summed E-state index contributed by atoms with van der Waals surface area (Å²) < 4.78 is 5.65. The molecule has 17 heavy (non-hydrogen) atoms. The molecule has 0 saturated carbocycles. The Bertz CT molecular complexity index is 311. The van der Waals surface area contributed by atoms with Gasteiger partial charge in [0.1, 0.15) is 5.75 Å². The molecular formula is C15H22NO+. The van der Waals surface area contributed by atoms with Crippen LogP contribution in [0.4, 0.5) is 0 Å². The quantitative estimate of drug-likeness (QED) is 0.505. The summed E-state index contributed by atoms with van der Waals surface area (Å²) >= 11 is 0. The molecule has 0 aromatic heterocycles. The molecule has 0 fully saturated rings. The molecule has 1 rings (SSSR count). The largest absolute Gasteiger partial charge is 0.493 e. The van der Waals surface area contributed by atoms with E-state index in [4.69, 9.17) is 4.74 Å². The maximum Gasteiger partial charge on any atom is 0.119 e. The summed E-state index contributed by atoms with van der Waals surface area (Å²) in [6, 6.07) is 9.94. The monoisotopic (exact) mass is 232 g/mol. The van der Waals surface area contributed by atoms with Crippen molar-refractivity contribution in [1.29, 1.82) is 0 Å². The van der Waals surface area contributed by atoms with Gasteiger partial charge in [0.05, 0.1) is 26.2 Å². The van der Waals surface area contributed by atoms with Crippen molar-refractivity contribution < 1.29 is 9.64 Å². The van der Waals surface area contributed by atoms with Crippen LogP contribution < -0.4 is 9.64 Å². The van der Waals surface area contributed by atoms with Gasteiger partial charge in [0.25, 0.3) is 0 Å². The lowest BCUT2D eigenvalue weighted by atomic mass is 10.3. The first-order valence-corrected chi connectivity index (χ1v) is 6.10. The highest BCUT2D eigenvalue weighted by atomic mass is 16.5. The van der Waals surface area contributed by atoms with Crippen molar-refractivity contribution in [1.82, 2.24) is 0 Å². The molecule has 0 heterocycles. The molecule has 1 N–H and O–H groups in total. The zero-order valence-corrected chi connectivity index (χ0v) is 10.4. The van der Waals surface area contributed by atoms with Crippen molar-refractivity contribution in [3.63, 3.8) is 0 Å². The highest BCUT2D eigenvalue weighted by Gasteiger charge is 2.03. The normalized spacial score (nSPS) is 10.2. The fourth-order valence-electron chi connectivity index (χ4n) is 1.72. The molecule has 2 nitrogen and oxygen atoms in total. The highest BCUT2D eigenvalue weighted by molar-refractivity contribution is 5.20. The first-order valence-electron chi connectivity index (χ1n) is 6.10. The first-order chi connectivity index (χ1) is 8.36. The van der Waals surface area contributed by atoms with E-state index >= 15 is 0 Å². The summed E-state index contributed by atoms with van der Waals surface area (Å²) in [4.78, 5) is 1.48. The van der Waals surface area contributed by atoms with Crippen molar-refractivity contribution in [2.24, 2.45) is 0 Å². The Morgan fingerprint density at radius 1 is 1.06 bits per heavy atom. The molecule has 1 aromatic rings. The number of nitrogens with one attached hydrogen (secondary N) is 1. The van der Waals surface area contributed by atoms with Gasteiger partial charge in [0, 0.05) is 6.42 Å². The van der Waals surface area contributed by atoms with E-state index in [0.717, 1.165) is 38.4 Å². The van der Waals surface area contributed by atoms with Crippen LogP contribution >= 0.6 is 0 Å². The number of hydrogen-bond donors (Lipinski definition) is 1. The van der Waals surface area contributed by atoms with E-state index in [-0.39, 0.29) is 0 Å². The molecule has 0 amide bonds. The summed E-state index contributed by atoms with van der Waals surface area (Å²) in [6.45, 7) is 11.4. The minimum Gasteiger partial charge on any atom is -0.493 e. The number of rotatable bonds is 9. The Morgan fingerprint density at radius 2 is 1.71 bits per heavy atom.